The fourth-order valence-corrected chi connectivity index (χ4v) is 2.07. The molecule has 1 aliphatic heterocycles. The Morgan fingerprint density at radius 3 is 2.75 bits per heavy atom. The highest BCUT2D eigenvalue weighted by Gasteiger charge is 2.21. The normalized spacial score (nSPS) is 18.1. The number of hydrogen-bond acceptors (Lipinski definition) is 4. The van der Waals surface area contributed by atoms with E-state index < -0.39 is 22.2 Å². The Kier molecular flexibility index (Phi) is 4.23. The van der Waals surface area contributed by atoms with Gasteiger partial charge in [-0.25, -0.2) is 4.39 Å². The second kappa shape index (κ2) is 5.91. The van der Waals surface area contributed by atoms with E-state index in [1.54, 1.807) is 0 Å². The zero-order valence-corrected chi connectivity index (χ0v) is 10.5. The molecular formula is C12H13F2N3O3. The van der Waals surface area contributed by atoms with Crippen LogP contribution in [-0.2, 0) is 11.3 Å². The summed E-state index contributed by atoms with van der Waals surface area (Å²) in [6.07, 6.45) is 1.15. The number of hydrogen-bond donors (Lipinski definition) is 2. The average molecular weight is 285 g/mol. The number of nitro benzene ring substituents is 1. The van der Waals surface area contributed by atoms with Crippen LogP contribution >= 0.6 is 0 Å². The van der Waals surface area contributed by atoms with Gasteiger partial charge in [0.1, 0.15) is 5.82 Å². The van der Waals surface area contributed by atoms with Crippen LogP contribution in [0.3, 0.4) is 0 Å². The molecule has 0 bridgehead atoms. The smallest absolute Gasteiger partial charge is 0.305 e. The molecule has 1 heterocycles. The van der Waals surface area contributed by atoms with Crippen LogP contribution < -0.4 is 10.6 Å². The molecule has 2 rings (SSSR count). The first-order chi connectivity index (χ1) is 9.47. The summed E-state index contributed by atoms with van der Waals surface area (Å²) in [4.78, 5) is 20.7. The van der Waals surface area contributed by atoms with Crippen LogP contribution in [0, 0.1) is 21.7 Å². The fourth-order valence-electron chi connectivity index (χ4n) is 2.07. The maximum Gasteiger partial charge on any atom is 0.305 e. The second-order valence-corrected chi connectivity index (χ2v) is 4.59. The van der Waals surface area contributed by atoms with Crippen molar-refractivity contribution >= 4 is 11.6 Å². The molecule has 108 valence electrons. The molecule has 1 aromatic rings. The molecular weight excluding hydrogens is 272 g/mol. The number of amides is 1. The Labute approximate surface area is 113 Å². The minimum atomic E-state index is -1.20. The lowest BCUT2D eigenvalue weighted by molar-refractivity contribution is -0.387. The number of carbonyl (C=O) groups excluding carboxylic acids is 1. The number of halogens is 2. The Hall–Kier alpha value is -2.09. The van der Waals surface area contributed by atoms with E-state index in [9.17, 15) is 23.7 Å². The van der Waals surface area contributed by atoms with Crippen molar-refractivity contribution in [2.75, 3.05) is 6.54 Å². The van der Waals surface area contributed by atoms with Gasteiger partial charge in [-0.05, 0) is 6.42 Å². The summed E-state index contributed by atoms with van der Waals surface area (Å²) in [7, 11) is 0. The van der Waals surface area contributed by atoms with Crippen molar-refractivity contribution in [2.24, 2.45) is 0 Å². The van der Waals surface area contributed by atoms with Gasteiger partial charge < -0.3 is 10.6 Å². The van der Waals surface area contributed by atoms with Gasteiger partial charge in [-0.2, -0.15) is 4.39 Å². The predicted octanol–water partition coefficient (Wildman–Crippen LogP) is 1.24. The number of rotatable bonds is 5. The van der Waals surface area contributed by atoms with Crippen LogP contribution in [0.4, 0.5) is 14.5 Å². The van der Waals surface area contributed by atoms with E-state index in [0.717, 1.165) is 6.07 Å². The first-order valence-electron chi connectivity index (χ1n) is 6.09. The van der Waals surface area contributed by atoms with Crippen molar-refractivity contribution in [1.82, 2.24) is 10.6 Å². The van der Waals surface area contributed by atoms with Gasteiger partial charge in [-0.1, -0.05) is 0 Å². The molecule has 1 unspecified atom stereocenters. The van der Waals surface area contributed by atoms with E-state index >= 15 is 0 Å². The summed E-state index contributed by atoms with van der Waals surface area (Å²) in [5.74, 6) is -2.06. The maximum atomic E-state index is 13.5. The van der Waals surface area contributed by atoms with Crippen molar-refractivity contribution < 1.29 is 18.5 Å². The summed E-state index contributed by atoms with van der Waals surface area (Å²) in [6, 6.07) is 1.36. The van der Waals surface area contributed by atoms with E-state index in [-0.39, 0.29) is 24.1 Å². The first kappa shape index (κ1) is 14.3. The molecule has 20 heavy (non-hydrogen) atoms. The molecule has 1 aliphatic rings. The molecule has 1 amide bonds. The second-order valence-electron chi connectivity index (χ2n) is 4.59. The lowest BCUT2D eigenvalue weighted by Crippen LogP contribution is -2.35. The van der Waals surface area contributed by atoms with Gasteiger partial charge in [0.05, 0.1) is 4.92 Å². The van der Waals surface area contributed by atoms with E-state index in [0.29, 0.717) is 25.5 Å². The van der Waals surface area contributed by atoms with Crippen molar-refractivity contribution in [3.63, 3.8) is 0 Å². The van der Waals surface area contributed by atoms with E-state index in [4.69, 9.17) is 0 Å². The van der Waals surface area contributed by atoms with Crippen molar-refractivity contribution in [1.29, 1.82) is 0 Å². The molecule has 0 spiro atoms. The van der Waals surface area contributed by atoms with Gasteiger partial charge in [0.2, 0.25) is 11.7 Å². The summed E-state index contributed by atoms with van der Waals surface area (Å²) in [5, 5.41) is 16.2. The summed E-state index contributed by atoms with van der Waals surface area (Å²) in [5.41, 5.74) is -0.736. The number of nitro groups is 1. The summed E-state index contributed by atoms with van der Waals surface area (Å²) in [6.45, 7) is 0.454. The van der Waals surface area contributed by atoms with Crippen molar-refractivity contribution in [3.8, 4) is 0 Å². The molecule has 2 N–H and O–H groups in total. The third-order valence-electron chi connectivity index (χ3n) is 3.10. The van der Waals surface area contributed by atoms with Crippen LogP contribution in [0.25, 0.3) is 0 Å². The summed E-state index contributed by atoms with van der Waals surface area (Å²) >= 11 is 0. The maximum absolute atomic E-state index is 13.5. The predicted molar refractivity (Wildman–Crippen MR) is 65.9 cm³/mol. The van der Waals surface area contributed by atoms with Gasteiger partial charge >= 0.3 is 5.69 Å². The van der Waals surface area contributed by atoms with Crippen molar-refractivity contribution in [3.05, 3.63) is 39.4 Å². The highest BCUT2D eigenvalue weighted by Crippen LogP contribution is 2.21. The lowest BCUT2D eigenvalue weighted by atomic mass is 10.1. The van der Waals surface area contributed by atoms with Gasteiger partial charge in [-0.3, -0.25) is 14.9 Å². The van der Waals surface area contributed by atoms with Gasteiger partial charge in [0, 0.05) is 43.2 Å². The third kappa shape index (κ3) is 3.27. The number of nitrogens with zero attached hydrogens (tertiary/aromatic N) is 1. The van der Waals surface area contributed by atoms with Gasteiger partial charge in [-0.15, -0.1) is 0 Å². The Morgan fingerprint density at radius 2 is 2.15 bits per heavy atom. The zero-order valence-electron chi connectivity index (χ0n) is 10.5. The highest BCUT2D eigenvalue weighted by molar-refractivity contribution is 5.78. The lowest BCUT2D eigenvalue weighted by Gasteiger charge is -2.11. The van der Waals surface area contributed by atoms with Crippen LogP contribution in [0.2, 0.25) is 0 Å². The standard InChI is InChI=1S/C12H13F2N3O3/c13-9-4-10(14)11(17(19)20)3-7(9)5-15-6-8-1-2-12(18)16-8/h3-4,8,15H,1-2,5-6H2,(H,16,18). The van der Waals surface area contributed by atoms with Crippen LogP contribution in [0.15, 0.2) is 12.1 Å². The van der Waals surface area contributed by atoms with E-state index in [1.165, 1.54) is 0 Å². The molecule has 1 aromatic carbocycles. The average Bonchev–Trinajstić information content (AvgIpc) is 2.77. The number of carbonyl (C=O) groups is 1. The Balaban J connectivity index is 1.97. The summed E-state index contributed by atoms with van der Waals surface area (Å²) < 4.78 is 26.6. The molecule has 8 heteroatoms. The zero-order chi connectivity index (χ0) is 14.7. The third-order valence-corrected chi connectivity index (χ3v) is 3.10. The Morgan fingerprint density at radius 1 is 1.40 bits per heavy atom. The monoisotopic (exact) mass is 285 g/mol. The number of benzene rings is 1. The topological polar surface area (TPSA) is 84.3 Å². The fraction of sp³-hybridized carbons (Fsp3) is 0.417. The van der Waals surface area contributed by atoms with Crippen LogP contribution in [0.1, 0.15) is 18.4 Å². The molecule has 0 aromatic heterocycles. The SMILES string of the molecule is O=C1CCC(CNCc2cc([N+](=O)[O-])c(F)cc2F)N1. The molecule has 6 nitrogen and oxygen atoms in total. The molecule has 1 atom stereocenters. The highest BCUT2D eigenvalue weighted by atomic mass is 19.1. The molecule has 0 radical (unpaired) electrons. The Bertz CT molecular complexity index is 551. The van der Waals surface area contributed by atoms with E-state index in [2.05, 4.69) is 10.6 Å². The van der Waals surface area contributed by atoms with Crippen LogP contribution in [-0.4, -0.2) is 23.4 Å². The molecule has 0 aliphatic carbocycles. The van der Waals surface area contributed by atoms with E-state index in [1.807, 2.05) is 0 Å². The number of nitrogens with one attached hydrogen (secondary N) is 2. The molecule has 0 saturated carbocycles. The quantitative estimate of drug-likeness (QED) is 0.629. The van der Waals surface area contributed by atoms with Crippen LogP contribution in [0.5, 0.6) is 0 Å². The molecule has 1 fully saturated rings. The van der Waals surface area contributed by atoms with Gasteiger partial charge in [0.15, 0.2) is 0 Å². The van der Waals surface area contributed by atoms with Gasteiger partial charge in [0.25, 0.3) is 0 Å². The minimum absolute atomic E-state index is 0.0161. The van der Waals surface area contributed by atoms with Crippen molar-refractivity contribution in [2.45, 2.75) is 25.4 Å². The first-order valence-corrected chi connectivity index (χ1v) is 6.09. The minimum Gasteiger partial charge on any atom is -0.352 e. The largest absolute Gasteiger partial charge is 0.352 e. The molecule has 1 saturated heterocycles.